The summed E-state index contributed by atoms with van der Waals surface area (Å²) in [6.07, 6.45) is 2.12. The molecule has 0 saturated heterocycles. The maximum Gasteiger partial charge on any atom is 0.415 e. The molecule has 0 aromatic carbocycles. The van der Waals surface area contributed by atoms with E-state index in [9.17, 15) is 9.59 Å². The van der Waals surface area contributed by atoms with Gasteiger partial charge in [-0.3, -0.25) is 5.32 Å². The van der Waals surface area contributed by atoms with Crippen molar-refractivity contribution in [3.63, 3.8) is 0 Å². The summed E-state index contributed by atoms with van der Waals surface area (Å²) in [4.78, 5) is 29.4. The summed E-state index contributed by atoms with van der Waals surface area (Å²) in [6.45, 7) is 1.83. The van der Waals surface area contributed by atoms with E-state index >= 15 is 0 Å². The molecule has 80 valence electrons. The van der Waals surface area contributed by atoms with Gasteiger partial charge in [-0.05, 0) is 13.0 Å². The standard InChI is InChI=1S/C8H10N4O3/c1-2-15-8(14)12-7(13)11-6-9-4-3-5-10-6/h3-5H,2H2,1H3,(H2,9,10,11,12,13,14). The molecule has 0 spiro atoms. The quantitative estimate of drug-likeness (QED) is 0.751. The second-order valence-electron chi connectivity index (χ2n) is 2.37. The Bertz CT molecular complexity index is 341. The Kier molecular flexibility index (Phi) is 4.02. The summed E-state index contributed by atoms with van der Waals surface area (Å²) in [5.74, 6) is 0.110. The SMILES string of the molecule is CCOC(=O)NC(=O)Nc1ncccn1. The zero-order chi connectivity index (χ0) is 11.1. The Hall–Kier alpha value is -2.18. The monoisotopic (exact) mass is 210 g/mol. The normalized spacial score (nSPS) is 9.13. The van der Waals surface area contributed by atoms with Crippen LogP contribution in [0.2, 0.25) is 0 Å². The molecule has 0 bridgehead atoms. The van der Waals surface area contributed by atoms with Crippen LogP contribution in [0.5, 0.6) is 0 Å². The smallest absolute Gasteiger partial charge is 0.415 e. The van der Waals surface area contributed by atoms with Gasteiger partial charge in [0.2, 0.25) is 5.95 Å². The second-order valence-corrected chi connectivity index (χ2v) is 2.37. The summed E-state index contributed by atoms with van der Waals surface area (Å²) in [5, 5.41) is 4.20. The molecule has 0 fully saturated rings. The number of aromatic nitrogens is 2. The van der Waals surface area contributed by atoms with Gasteiger partial charge in [0, 0.05) is 12.4 Å². The number of anilines is 1. The lowest BCUT2D eigenvalue weighted by Gasteiger charge is -2.04. The van der Waals surface area contributed by atoms with Gasteiger partial charge in [0.15, 0.2) is 0 Å². The van der Waals surface area contributed by atoms with Crippen LogP contribution < -0.4 is 10.6 Å². The minimum atomic E-state index is -0.814. The Labute approximate surface area is 85.9 Å². The van der Waals surface area contributed by atoms with E-state index in [1.165, 1.54) is 12.4 Å². The number of carbonyl (C=O) groups excluding carboxylic acids is 2. The molecule has 7 heteroatoms. The van der Waals surface area contributed by atoms with Crippen molar-refractivity contribution in [1.29, 1.82) is 0 Å². The molecule has 1 heterocycles. The van der Waals surface area contributed by atoms with Crippen molar-refractivity contribution in [2.24, 2.45) is 0 Å². The third-order valence-electron chi connectivity index (χ3n) is 1.28. The lowest BCUT2D eigenvalue weighted by Crippen LogP contribution is -2.35. The van der Waals surface area contributed by atoms with Crippen molar-refractivity contribution in [3.05, 3.63) is 18.5 Å². The number of imide groups is 1. The number of nitrogens with one attached hydrogen (secondary N) is 2. The Morgan fingerprint density at radius 2 is 2.07 bits per heavy atom. The highest BCUT2D eigenvalue weighted by Crippen LogP contribution is 1.92. The van der Waals surface area contributed by atoms with Crippen molar-refractivity contribution >= 4 is 18.1 Å². The van der Waals surface area contributed by atoms with Gasteiger partial charge in [0.25, 0.3) is 0 Å². The van der Waals surface area contributed by atoms with Gasteiger partial charge in [-0.2, -0.15) is 0 Å². The number of hydrogen-bond acceptors (Lipinski definition) is 5. The first-order valence-corrected chi connectivity index (χ1v) is 4.24. The average Bonchev–Trinajstić information content (AvgIpc) is 2.19. The van der Waals surface area contributed by atoms with Crippen LogP contribution in [0.25, 0.3) is 0 Å². The van der Waals surface area contributed by atoms with E-state index < -0.39 is 12.1 Å². The summed E-state index contributed by atoms with van der Waals surface area (Å²) in [7, 11) is 0. The highest BCUT2D eigenvalue weighted by atomic mass is 16.5. The van der Waals surface area contributed by atoms with Crippen LogP contribution in [0.3, 0.4) is 0 Å². The molecule has 0 atom stereocenters. The average molecular weight is 210 g/mol. The van der Waals surface area contributed by atoms with Crippen LogP contribution in [-0.2, 0) is 4.74 Å². The second kappa shape index (κ2) is 5.53. The molecule has 3 amide bonds. The first-order valence-electron chi connectivity index (χ1n) is 4.24. The Balaban J connectivity index is 2.40. The minimum absolute atomic E-state index is 0.110. The van der Waals surface area contributed by atoms with E-state index in [4.69, 9.17) is 0 Å². The zero-order valence-electron chi connectivity index (χ0n) is 8.06. The molecule has 15 heavy (non-hydrogen) atoms. The number of urea groups is 1. The highest BCUT2D eigenvalue weighted by molar-refractivity contribution is 5.97. The molecule has 0 aliphatic rings. The van der Waals surface area contributed by atoms with Crippen molar-refractivity contribution in [2.75, 3.05) is 11.9 Å². The van der Waals surface area contributed by atoms with Crippen LogP contribution in [0.4, 0.5) is 15.5 Å². The predicted molar refractivity (Wildman–Crippen MR) is 51.2 cm³/mol. The minimum Gasteiger partial charge on any atom is -0.450 e. The van der Waals surface area contributed by atoms with Gasteiger partial charge in [-0.1, -0.05) is 0 Å². The number of ether oxygens (including phenoxy) is 1. The zero-order valence-corrected chi connectivity index (χ0v) is 8.06. The number of carbonyl (C=O) groups is 2. The van der Waals surface area contributed by atoms with Gasteiger partial charge < -0.3 is 4.74 Å². The number of hydrogen-bond donors (Lipinski definition) is 2. The molecular weight excluding hydrogens is 200 g/mol. The first kappa shape index (κ1) is 10.9. The summed E-state index contributed by atoms with van der Waals surface area (Å²) < 4.78 is 4.50. The first-order chi connectivity index (χ1) is 7.22. The molecule has 0 saturated carbocycles. The van der Waals surface area contributed by atoms with Crippen LogP contribution in [0.15, 0.2) is 18.5 Å². The molecule has 1 rings (SSSR count). The van der Waals surface area contributed by atoms with E-state index in [0.717, 1.165) is 0 Å². The topological polar surface area (TPSA) is 93.2 Å². The number of nitrogens with zero attached hydrogens (tertiary/aromatic N) is 2. The van der Waals surface area contributed by atoms with Gasteiger partial charge in [-0.25, -0.2) is 24.9 Å². The van der Waals surface area contributed by atoms with Crippen molar-refractivity contribution in [1.82, 2.24) is 15.3 Å². The van der Waals surface area contributed by atoms with Gasteiger partial charge in [0.1, 0.15) is 0 Å². The molecule has 0 aliphatic carbocycles. The van der Waals surface area contributed by atoms with E-state index in [2.05, 4.69) is 20.0 Å². The lowest BCUT2D eigenvalue weighted by molar-refractivity contribution is 0.154. The maximum absolute atomic E-state index is 11.1. The van der Waals surface area contributed by atoms with E-state index in [1.807, 2.05) is 5.32 Å². The summed E-state index contributed by atoms with van der Waals surface area (Å²) in [6, 6.07) is 0.869. The van der Waals surface area contributed by atoms with Gasteiger partial charge in [0.05, 0.1) is 6.61 Å². The van der Waals surface area contributed by atoms with E-state index in [0.29, 0.717) is 0 Å². The number of alkyl carbamates (subject to hydrolysis) is 1. The molecule has 0 radical (unpaired) electrons. The van der Waals surface area contributed by atoms with Crippen molar-refractivity contribution < 1.29 is 14.3 Å². The Morgan fingerprint density at radius 3 is 2.67 bits per heavy atom. The molecular formula is C8H10N4O3. The summed E-state index contributed by atoms with van der Waals surface area (Å²) >= 11 is 0. The fourth-order valence-electron chi connectivity index (χ4n) is 0.756. The fraction of sp³-hybridized carbons (Fsp3) is 0.250. The molecule has 7 nitrogen and oxygen atoms in total. The van der Waals surface area contributed by atoms with E-state index in [-0.39, 0.29) is 12.6 Å². The molecule has 2 N–H and O–H groups in total. The summed E-state index contributed by atoms with van der Waals surface area (Å²) in [5.41, 5.74) is 0. The lowest BCUT2D eigenvalue weighted by atomic mass is 10.7. The molecule has 0 unspecified atom stereocenters. The fourth-order valence-corrected chi connectivity index (χ4v) is 0.756. The number of rotatable bonds is 2. The molecule has 1 aromatic rings. The van der Waals surface area contributed by atoms with Crippen LogP contribution >= 0.6 is 0 Å². The van der Waals surface area contributed by atoms with E-state index in [1.54, 1.807) is 13.0 Å². The van der Waals surface area contributed by atoms with Crippen LogP contribution in [-0.4, -0.2) is 28.7 Å². The third kappa shape index (κ3) is 4.03. The van der Waals surface area contributed by atoms with Crippen molar-refractivity contribution in [2.45, 2.75) is 6.92 Å². The van der Waals surface area contributed by atoms with Crippen molar-refractivity contribution in [3.8, 4) is 0 Å². The highest BCUT2D eigenvalue weighted by Gasteiger charge is 2.08. The molecule has 1 aromatic heterocycles. The van der Waals surface area contributed by atoms with Crippen LogP contribution in [0.1, 0.15) is 6.92 Å². The molecule has 0 aliphatic heterocycles. The van der Waals surface area contributed by atoms with Crippen LogP contribution in [0, 0.1) is 0 Å². The Morgan fingerprint density at radius 1 is 1.40 bits per heavy atom. The maximum atomic E-state index is 11.1. The predicted octanol–water partition coefficient (Wildman–Crippen LogP) is 0.755. The third-order valence-corrected chi connectivity index (χ3v) is 1.28. The number of amides is 3. The van der Waals surface area contributed by atoms with Gasteiger partial charge in [-0.15, -0.1) is 0 Å². The largest absolute Gasteiger partial charge is 0.450 e. The van der Waals surface area contributed by atoms with Gasteiger partial charge >= 0.3 is 12.1 Å².